The molecule has 0 bridgehead atoms. The first kappa shape index (κ1) is 27.1. The average Bonchev–Trinajstić information content (AvgIpc) is 3.47. The number of benzene rings is 3. The van der Waals surface area contributed by atoms with E-state index >= 15 is 0 Å². The van der Waals surface area contributed by atoms with E-state index in [1.807, 2.05) is 98.7 Å². The Bertz CT molecular complexity index is 1500. The molecule has 0 spiro atoms. The minimum absolute atomic E-state index is 0.543. The maximum Gasteiger partial charge on any atom is 0.421 e. The van der Waals surface area contributed by atoms with E-state index in [4.69, 9.17) is 0 Å². The first-order valence-corrected chi connectivity index (χ1v) is 15.9. The van der Waals surface area contributed by atoms with Crippen molar-refractivity contribution >= 4 is 50.2 Å². The van der Waals surface area contributed by atoms with E-state index in [1.165, 1.54) is 0 Å². The van der Waals surface area contributed by atoms with Crippen molar-refractivity contribution in [3.05, 3.63) is 91.4 Å². The Hall–Kier alpha value is -1.98. The summed E-state index contributed by atoms with van der Waals surface area (Å²) in [7, 11) is -6.08. The maximum absolute atomic E-state index is 14.1. The normalized spacial score (nSPS) is 13.8. The zero-order valence-electron chi connectivity index (χ0n) is 22.5. The van der Waals surface area contributed by atoms with Crippen LogP contribution < -0.4 is 36.3 Å². The van der Waals surface area contributed by atoms with E-state index < -0.39 is 23.7 Å². The predicted molar refractivity (Wildman–Crippen MR) is 154 cm³/mol. The van der Waals surface area contributed by atoms with Crippen LogP contribution in [0.15, 0.2) is 36.4 Å². The van der Waals surface area contributed by atoms with Crippen molar-refractivity contribution in [2.45, 2.75) is 62.3 Å². The Labute approximate surface area is 218 Å². The molecule has 4 rings (SSSR count). The van der Waals surface area contributed by atoms with Crippen molar-refractivity contribution in [2.24, 2.45) is 0 Å². The first-order chi connectivity index (χ1) is 16.8. The van der Waals surface area contributed by atoms with Gasteiger partial charge in [0.05, 0.1) is 5.30 Å². The summed E-state index contributed by atoms with van der Waals surface area (Å²) < 4.78 is 14.1. The molecule has 4 aromatic carbocycles. The summed E-state index contributed by atoms with van der Waals surface area (Å²) in [5.41, 5.74) is 9.02. The average molecular weight is 535 g/mol. The molecule has 6 heteroatoms. The lowest BCUT2D eigenvalue weighted by Gasteiger charge is -2.24. The van der Waals surface area contributed by atoms with Gasteiger partial charge in [-0.15, -0.1) is 8.15 Å². The molecule has 0 fully saturated rings. The van der Waals surface area contributed by atoms with Crippen molar-refractivity contribution in [3.63, 3.8) is 0 Å². The number of hydrogen-bond donors (Lipinski definition) is 0. The lowest BCUT2D eigenvalue weighted by atomic mass is 10.1. The van der Waals surface area contributed by atoms with Gasteiger partial charge in [-0.05, 0) is 89.9 Å². The van der Waals surface area contributed by atoms with Gasteiger partial charge in [-0.2, -0.15) is 0 Å². The summed E-state index contributed by atoms with van der Waals surface area (Å²) in [6.07, 6.45) is 0. The summed E-state index contributed by atoms with van der Waals surface area (Å²) in [4.78, 5) is 28.8. The second kappa shape index (κ2) is 10.1. The Morgan fingerprint density at radius 2 is 0.917 bits per heavy atom. The number of aryl methyl sites for hydroxylation is 9. The van der Waals surface area contributed by atoms with Gasteiger partial charge >= 0.3 is 7.80 Å². The molecular weight excluding hydrogens is 501 g/mol. The van der Waals surface area contributed by atoms with Gasteiger partial charge in [0.2, 0.25) is 10.2 Å². The molecule has 0 heterocycles. The summed E-state index contributed by atoms with van der Waals surface area (Å²) in [5, 5.41) is 3.38. The van der Waals surface area contributed by atoms with Gasteiger partial charge < -0.3 is 9.79 Å². The van der Waals surface area contributed by atoms with Gasteiger partial charge in [-0.1, -0.05) is 57.7 Å². The summed E-state index contributed by atoms with van der Waals surface area (Å²) in [5.74, 6) is 0. The van der Waals surface area contributed by atoms with Gasteiger partial charge in [-0.3, -0.25) is 0 Å². The Morgan fingerprint density at radius 1 is 0.556 bits per heavy atom. The quantitative estimate of drug-likeness (QED) is 0.356. The molecular formula is C30H33O3P3. The Balaban J connectivity index is 2.00. The van der Waals surface area contributed by atoms with Crippen molar-refractivity contribution < 1.29 is 14.4 Å². The largest absolute Gasteiger partial charge is 0.822 e. The smallest absolute Gasteiger partial charge is 0.421 e. The first-order valence-electron chi connectivity index (χ1n) is 12.1. The maximum atomic E-state index is 14.1. The molecule has 3 nitrogen and oxygen atoms in total. The zero-order valence-corrected chi connectivity index (χ0v) is 25.2. The van der Waals surface area contributed by atoms with Crippen molar-refractivity contribution in [1.82, 2.24) is 0 Å². The molecule has 0 aliphatic carbocycles. The second-order valence-electron chi connectivity index (χ2n) is 10.2. The van der Waals surface area contributed by atoms with E-state index in [0.717, 1.165) is 66.0 Å². The highest BCUT2D eigenvalue weighted by molar-refractivity contribution is 7.74. The Morgan fingerprint density at radius 3 is 1.33 bits per heavy atom. The van der Waals surface area contributed by atoms with Gasteiger partial charge in [0.25, 0.3) is 5.30 Å². The Kier molecular flexibility index (Phi) is 7.56. The van der Waals surface area contributed by atoms with E-state index in [2.05, 4.69) is 0 Å². The van der Waals surface area contributed by atoms with E-state index in [-0.39, 0.29) is 0 Å². The van der Waals surface area contributed by atoms with E-state index in [1.54, 1.807) is 0 Å². The third-order valence-electron chi connectivity index (χ3n) is 6.74. The van der Waals surface area contributed by atoms with Gasteiger partial charge in [-0.25, -0.2) is 0 Å². The van der Waals surface area contributed by atoms with E-state index in [0.29, 0.717) is 15.5 Å². The van der Waals surface area contributed by atoms with Crippen LogP contribution in [-0.4, -0.2) is 0 Å². The van der Waals surface area contributed by atoms with Crippen molar-refractivity contribution in [1.29, 1.82) is 0 Å². The summed E-state index contributed by atoms with van der Waals surface area (Å²) in [6, 6.07) is 12.2. The van der Waals surface area contributed by atoms with Crippen LogP contribution in [0, 0.1) is 67.3 Å². The topological polar surface area (TPSA) is 63.2 Å². The third-order valence-corrected chi connectivity index (χ3v) is 13.2. The number of rotatable bonds is 5. The monoisotopic (exact) mass is 534 g/mol. The van der Waals surface area contributed by atoms with Crippen LogP contribution in [0.4, 0.5) is 0 Å². The van der Waals surface area contributed by atoms with Crippen LogP contribution in [0.3, 0.4) is 0 Å². The number of hydrogen-bond acceptors (Lipinski definition) is 3. The standard InChI is InChI=1S/C30H33O3P3/c1-16-10-19(4)25(20(5)11-16)34(31)28-29(35(32)26-21(6)12-17(2)13-22(26)7)30(28)36(33)27-23(8)14-18(3)15-24(27)9/h10-15H,1-9H3. The lowest BCUT2D eigenvalue weighted by molar-refractivity contribution is -0.153. The highest BCUT2D eigenvalue weighted by atomic mass is 31.1. The molecule has 0 aromatic heterocycles. The van der Waals surface area contributed by atoms with Crippen LogP contribution in [0.1, 0.15) is 50.1 Å². The molecule has 4 aromatic rings. The molecule has 186 valence electrons. The van der Waals surface area contributed by atoms with Crippen LogP contribution in [0.2, 0.25) is 0 Å². The molecule has 0 amide bonds. The molecule has 0 saturated heterocycles. The van der Waals surface area contributed by atoms with Gasteiger partial charge in [0.15, 0.2) is 5.30 Å². The van der Waals surface area contributed by atoms with Crippen molar-refractivity contribution in [3.8, 4) is 0 Å². The molecule has 3 unspecified atom stereocenters. The minimum atomic E-state index is -2.03. The van der Waals surface area contributed by atoms with Crippen LogP contribution >= 0.6 is 23.7 Å². The summed E-state index contributed by atoms with van der Waals surface area (Å²) in [6.45, 7) is 17.9. The zero-order chi connectivity index (χ0) is 26.6. The van der Waals surface area contributed by atoms with Crippen LogP contribution in [0.25, 0.3) is 0 Å². The molecule has 0 aliphatic heterocycles. The fourth-order valence-electron chi connectivity index (χ4n) is 5.55. The van der Waals surface area contributed by atoms with Crippen LogP contribution in [0.5, 0.6) is 0 Å². The second-order valence-corrected chi connectivity index (χ2v) is 14.6. The molecule has 0 N–H and O–H groups in total. The fraction of sp³-hybridized carbons (Fsp3) is 0.300. The fourth-order valence-corrected chi connectivity index (χ4v) is 12.1. The van der Waals surface area contributed by atoms with Gasteiger partial charge in [0, 0.05) is 11.1 Å². The summed E-state index contributed by atoms with van der Waals surface area (Å²) >= 11 is 0. The predicted octanol–water partition coefficient (Wildman–Crippen LogP) is 4.44. The molecule has 0 saturated carbocycles. The molecule has 36 heavy (non-hydrogen) atoms. The molecule has 3 atom stereocenters. The highest BCUT2D eigenvalue weighted by Crippen LogP contribution is 2.40. The SMILES string of the molecule is Cc1cc(C)c(P([O-])c2c([P+](=O)c3c(C)cc(C)cc3C)c2=[P+]([O-])c2c(C)cc(C)cc2C)c(C)c1. The molecule has 0 radical (unpaired) electrons. The minimum Gasteiger partial charge on any atom is -0.822 e. The highest BCUT2D eigenvalue weighted by Gasteiger charge is 2.46. The lowest BCUT2D eigenvalue weighted by Crippen LogP contribution is -2.24. The van der Waals surface area contributed by atoms with Gasteiger partial charge in [0.1, 0.15) is 7.77 Å². The third kappa shape index (κ3) is 4.81. The van der Waals surface area contributed by atoms with Crippen LogP contribution in [-0.2, 0) is 4.57 Å². The van der Waals surface area contributed by atoms with Crippen molar-refractivity contribution in [2.75, 3.05) is 0 Å². The van der Waals surface area contributed by atoms with E-state index in [9.17, 15) is 14.4 Å². The molecule has 0 aliphatic rings.